The molecule has 0 saturated heterocycles. The fraction of sp³-hybridized carbons (Fsp3) is 0.867. The quantitative estimate of drug-likeness (QED) is 0.867. The summed E-state index contributed by atoms with van der Waals surface area (Å²) in [4.78, 5) is 4.67. The van der Waals surface area contributed by atoms with Crippen molar-refractivity contribution in [2.75, 3.05) is 13.7 Å². The fourth-order valence-electron chi connectivity index (χ4n) is 3.29. The first kappa shape index (κ1) is 14.0. The van der Waals surface area contributed by atoms with Gasteiger partial charge in [0.15, 0.2) is 0 Å². The van der Waals surface area contributed by atoms with Crippen LogP contribution in [0.25, 0.3) is 0 Å². The topological polar surface area (TPSA) is 60.2 Å². The number of likely N-dealkylation sites (N-methyl/N-ethyl adjacent to an activating group) is 1. The molecule has 0 aromatic carbocycles. The molecule has 0 amide bonds. The summed E-state index contributed by atoms with van der Waals surface area (Å²) in [6.07, 6.45) is 7.33. The predicted octanol–water partition coefficient (Wildman–Crippen LogP) is 2.80. The highest BCUT2D eigenvalue weighted by atomic mass is 16.5. The molecule has 2 saturated carbocycles. The van der Waals surface area contributed by atoms with Gasteiger partial charge in [0, 0.05) is 12.6 Å². The molecule has 2 aliphatic rings. The zero-order valence-electron chi connectivity index (χ0n) is 12.5. The highest BCUT2D eigenvalue weighted by molar-refractivity contribution is 5.04. The van der Waals surface area contributed by atoms with Crippen molar-refractivity contribution in [1.82, 2.24) is 15.5 Å². The molecule has 0 aliphatic heterocycles. The Kier molecular flexibility index (Phi) is 4.36. The Hall–Kier alpha value is -0.940. The average molecular weight is 279 g/mol. The maximum Gasteiger partial charge on any atom is 0.231 e. The average Bonchev–Trinajstić information content (AvgIpc) is 3.21. The van der Waals surface area contributed by atoms with Gasteiger partial charge in [-0.3, -0.25) is 0 Å². The van der Waals surface area contributed by atoms with Crippen LogP contribution >= 0.6 is 0 Å². The smallest absolute Gasteiger partial charge is 0.231 e. The molecule has 3 rings (SSSR count). The molecule has 2 fully saturated rings. The molecular weight excluding hydrogens is 254 g/mol. The van der Waals surface area contributed by atoms with E-state index in [-0.39, 0.29) is 6.10 Å². The normalized spacial score (nSPS) is 28.5. The van der Waals surface area contributed by atoms with E-state index in [1.807, 2.05) is 14.0 Å². The molecule has 1 N–H and O–H groups in total. The Morgan fingerprint density at radius 1 is 1.30 bits per heavy atom. The molecule has 2 aliphatic carbocycles. The monoisotopic (exact) mass is 279 g/mol. The Morgan fingerprint density at radius 2 is 2.10 bits per heavy atom. The van der Waals surface area contributed by atoms with Gasteiger partial charge in [-0.05, 0) is 45.6 Å². The largest absolute Gasteiger partial charge is 0.370 e. The lowest BCUT2D eigenvalue weighted by Crippen LogP contribution is -2.34. The van der Waals surface area contributed by atoms with Crippen molar-refractivity contribution in [3.63, 3.8) is 0 Å². The second kappa shape index (κ2) is 6.22. The van der Waals surface area contributed by atoms with E-state index in [2.05, 4.69) is 15.5 Å². The van der Waals surface area contributed by atoms with Crippen LogP contribution in [0.5, 0.6) is 0 Å². The summed E-state index contributed by atoms with van der Waals surface area (Å²) in [5, 5.41) is 7.59. The van der Waals surface area contributed by atoms with Crippen molar-refractivity contribution in [2.24, 2.45) is 5.92 Å². The minimum atomic E-state index is 0.0362. The van der Waals surface area contributed by atoms with Gasteiger partial charge in [0.2, 0.25) is 11.7 Å². The number of ether oxygens (including phenoxy) is 1. The van der Waals surface area contributed by atoms with Crippen LogP contribution in [0.2, 0.25) is 0 Å². The lowest BCUT2D eigenvalue weighted by Gasteiger charge is -2.28. The molecule has 1 aromatic rings. The van der Waals surface area contributed by atoms with E-state index in [9.17, 15) is 0 Å². The second-order valence-corrected chi connectivity index (χ2v) is 5.99. The van der Waals surface area contributed by atoms with Crippen LogP contribution in [0, 0.1) is 5.92 Å². The Morgan fingerprint density at radius 3 is 2.80 bits per heavy atom. The third-order valence-corrected chi connectivity index (χ3v) is 4.56. The van der Waals surface area contributed by atoms with Gasteiger partial charge in [-0.25, -0.2) is 0 Å². The third kappa shape index (κ3) is 2.88. The summed E-state index contributed by atoms with van der Waals surface area (Å²) in [5.41, 5.74) is 0. The van der Waals surface area contributed by atoms with Crippen molar-refractivity contribution in [3.8, 4) is 0 Å². The standard InChI is InChI=1S/C15H25N3O2/c1-3-19-13(10-8-9-10)14-17-15(20-18-14)11-6-4-5-7-12(11)16-2/h10-13,16H,3-9H2,1-2H3. The van der Waals surface area contributed by atoms with Gasteiger partial charge < -0.3 is 14.6 Å². The van der Waals surface area contributed by atoms with Crippen LogP contribution < -0.4 is 5.32 Å². The summed E-state index contributed by atoms with van der Waals surface area (Å²) in [7, 11) is 2.02. The van der Waals surface area contributed by atoms with Crippen molar-refractivity contribution in [1.29, 1.82) is 0 Å². The molecule has 1 heterocycles. The zero-order valence-corrected chi connectivity index (χ0v) is 12.5. The summed E-state index contributed by atoms with van der Waals surface area (Å²) >= 11 is 0. The Balaban J connectivity index is 1.74. The van der Waals surface area contributed by atoms with Crippen molar-refractivity contribution in [2.45, 2.75) is 63.5 Å². The molecule has 112 valence electrons. The van der Waals surface area contributed by atoms with E-state index >= 15 is 0 Å². The van der Waals surface area contributed by atoms with Crippen LogP contribution in [-0.2, 0) is 4.74 Å². The van der Waals surface area contributed by atoms with Gasteiger partial charge in [-0.15, -0.1) is 0 Å². The summed E-state index contributed by atoms with van der Waals surface area (Å²) in [6.45, 7) is 2.72. The van der Waals surface area contributed by atoms with Gasteiger partial charge >= 0.3 is 0 Å². The van der Waals surface area contributed by atoms with E-state index in [1.165, 1.54) is 32.1 Å². The van der Waals surface area contributed by atoms with Gasteiger partial charge in [0.05, 0.1) is 5.92 Å². The maximum atomic E-state index is 5.81. The minimum Gasteiger partial charge on any atom is -0.370 e. The SMILES string of the molecule is CCOC(c1noc(C2CCCCC2NC)n1)C1CC1. The van der Waals surface area contributed by atoms with Crippen molar-refractivity contribution < 1.29 is 9.26 Å². The molecule has 20 heavy (non-hydrogen) atoms. The van der Waals surface area contributed by atoms with Crippen molar-refractivity contribution in [3.05, 3.63) is 11.7 Å². The number of hydrogen-bond donors (Lipinski definition) is 1. The lowest BCUT2D eigenvalue weighted by molar-refractivity contribution is 0.0384. The van der Waals surface area contributed by atoms with E-state index in [0.717, 1.165) is 18.1 Å². The summed E-state index contributed by atoms with van der Waals surface area (Å²) in [6, 6.07) is 0.462. The molecule has 0 radical (unpaired) electrons. The Bertz CT molecular complexity index is 431. The third-order valence-electron chi connectivity index (χ3n) is 4.56. The highest BCUT2D eigenvalue weighted by Gasteiger charge is 2.37. The first-order chi connectivity index (χ1) is 9.83. The summed E-state index contributed by atoms with van der Waals surface area (Å²) in [5.74, 6) is 2.50. The number of rotatable bonds is 6. The lowest BCUT2D eigenvalue weighted by atomic mass is 9.84. The number of aromatic nitrogens is 2. The van der Waals surface area contributed by atoms with E-state index in [0.29, 0.717) is 24.5 Å². The first-order valence-electron chi connectivity index (χ1n) is 7.95. The van der Waals surface area contributed by atoms with Crippen LogP contribution in [0.3, 0.4) is 0 Å². The van der Waals surface area contributed by atoms with Crippen LogP contribution in [0.4, 0.5) is 0 Å². The van der Waals surface area contributed by atoms with Gasteiger partial charge in [0.25, 0.3) is 0 Å². The number of nitrogens with zero attached hydrogens (tertiary/aromatic N) is 2. The van der Waals surface area contributed by atoms with E-state index < -0.39 is 0 Å². The van der Waals surface area contributed by atoms with E-state index in [4.69, 9.17) is 9.26 Å². The number of nitrogens with one attached hydrogen (secondary N) is 1. The van der Waals surface area contributed by atoms with Crippen LogP contribution in [-0.4, -0.2) is 29.8 Å². The fourth-order valence-corrected chi connectivity index (χ4v) is 3.29. The molecule has 0 spiro atoms. The molecule has 5 nitrogen and oxygen atoms in total. The molecule has 3 unspecified atom stereocenters. The van der Waals surface area contributed by atoms with Crippen LogP contribution in [0.15, 0.2) is 4.52 Å². The molecule has 0 bridgehead atoms. The molecule has 3 atom stereocenters. The highest BCUT2D eigenvalue weighted by Crippen LogP contribution is 2.43. The van der Waals surface area contributed by atoms with Gasteiger partial charge in [-0.1, -0.05) is 18.0 Å². The molecule has 1 aromatic heterocycles. The second-order valence-electron chi connectivity index (χ2n) is 5.99. The van der Waals surface area contributed by atoms with Crippen molar-refractivity contribution >= 4 is 0 Å². The molecule has 5 heteroatoms. The Labute approximate surface area is 120 Å². The van der Waals surface area contributed by atoms with Crippen LogP contribution in [0.1, 0.15) is 69.2 Å². The minimum absolute atomic E-state index is 0.0362. The van der Waals surface area contributed by atoms with E-state index in [1.54, 1.807) is 0 Å². The van der Waals surface area contributed by atoms with Gasteiger partial charge in [-0.2, -0.15) is 4.98 Å². The predicted molar refractivity (Wildman–Crippen MR) is 75.4 cm³/mol. The first-order valence-corrected chi connectivity index (χ1v) is 7.95. The summed E-state index contributed by atoms with van der Waals surface area (Å²) < 4.78 is 11.4. The molecular formula is C15H25N3O2. The zero-order chi connectivity index (χ0) is 13.9. The maximum absolute atomic E-state index is 5.81. The van der Waals surface area contributed by atoms with Gasteiger partial charge in [0.1, 0.15) is 6.10 Å². The number of hydrogen-bond acceptors (Lipinski definition) is 5.